The van der Waals surface area contributed by atoms with Gasteiger partial charge < -0.3 is 15.7 Å². The van der Waals surface area contributed by atoms with Gasteiger partial charge in [-0.2, -0.15) is 0 Å². The summed E-state index contributed by atoms with van der Waals surface area (Å²) in [5, 5.41) is 8.95. The molecule has 0 aliphatic carbocycles. The fourth-order valence-corrected chi connectivity index (χ4v) is 2.28. The van der Waals surface area contributed by atoms with Crippen molar-refractivity contribution in [3.05, 3.63) is 0 Å². The van der Waals surface area contributed by atoms with Gasteiger partial charge in [-0.1, -0.05) is 20.8 Å². The maximum absolute atomic E-state index is 12.1. The summed E-state index contributed by atoms with van der Waals surface area (Å²) in [6.45, 7) is 7.35. The van der Waals surface area contributed by atoms with Gasteiger partial charge in [0.05, 0.1) is 0 Å². The molecule has 1 aliphatic rings. The fraction of sp³-hybridized carbons (Fsp3) is 0.917. The molecule has 0 saturated carbocycles. The molecule has 0 aromatic carbocycles. The van der Waals surface area contributed by atoms with Crippen LogP contribution in [0.4, 0.5) is 0 Å². The molecule has 1 rings (SSSR count). The van der Waals surface area contributed by atoms with Gasteiger partial charge in [0.2, 0.25) is 5.91 Å². The second-order valence-electron chi connectivity index (χ2n) is 5.83. The Morgan fingerprint density at radius 3 is 2.56 bits per heavy atom. The smallest absolute Gasteiger partial charge is 0.228 e. The lowest BCUT2D eigenvalue weighted by Gasteiger charge is -2.39. The molecule has 1 aliphatic heterocycles. The highest BCUT2D eigenvalue weighted by atomic mass is 16.3. The minimum atomic E-state index is -0.346. The van der Waals surface area contributed by atoms with Crippen LogP contribution in [-0.2, 0) is 4.79 Å². The predicted molar refractivity (Wildman–Crippen MR) is 63.8 cm³/mol. The number of aliphatic hydroxyl groups is 1. The van der Waals surface area contributed by atoms with Gasteiger partial charge in [0.25, 0.3) is 0 Å². The lowest BCUT2D eigenvalue weighted by molar-refractivity contribution is -0.141. The van der Waals surface area contributed by atoms with Gasteiger partial charge in [0, 0.05) is 31.2 Å². The highest BCUT2D eigenvalue weighted by Crippen LogP contribution is 2.24. The number of rotatable bonds is 2. The summed E-state index contributed by atoms with van der Waals surface area (Å²) in [6, 6.07) is 0.0524. The Kier molecular flexibility index (Phi) is 4.33. The number of piperidine rings is 1. The van der Waals surface area contributed by atoms with Crippen LogP contribution in [0.2, 0.25) is 0 Å². The molecule has 1 saturated heterocycles. The van der Waals surface area contributed by atoms with Gasteiger partial charge in [-0.15, -0.1) is 0 Å². The molecule has 4 heteroatoms. The van der Waals surface area contributed by atoms with E-state index in [1.165, 1.54) is 0 Å². The normalized spacial score (nSPS) is 26.9. The van der Waals surface area contributed by atoms with Crippen LogP contribution in [0.5, 0.6) is 0 Å². The average Bonchev–Trinajstić information content (AvgIpc) is 2.14. The third-order valence-electron chi connectivity index (χ3n) is 3.04. The number of hydrogen-bond acceptors (Lipinski definition) is 3. The quantitative estimate of drug-likeness (QED) is 0.727. The molecule has 0 aromatic rings. The zero-order valence-corrected chi connectivity index (χ0v) is 10.6. The van der Waals surface area contributed by atoms with Crippen LogP contribution in [-0.4, -0.2) is 41.7 Å². The summed E-state index contributed by atoms with van der Waals surface area (Å²) >= 11 is 0. The summed E-state index contributed by atoms with van der Waals surface area (Å²) in [5.74, 6) is 0.505. The van der Waals surface area contributed by atoms with Gasteiger partial charge in [-0.25, -0.2) is 0 Å². The van der Waals surface area contributed by atoms with Crippen LogP contribution in [0.25, 0.3) is 0 Å². The van der Waals surface area contributed by atoms with E-state index in [9.17, 15) is 4.79 Å². The molecule has 0 spiro atoms. The highest BCUT2D eigenvalue weighted by molar-refractivity contribution is 5.81. The number of likely N-dealkylation sites (tertiary alicyclic amines) is 1. The molecule has 0 aromatic heterocycles. The SMILES string of the molecule is CC(C)(C)C(=O)N1CC(N)CC(CCO)C1. The van der Waals surface area contributed by atoms with Crippen LogP contribution < -0.4 is 5.73 Å². The summed E-state index contributed by atoms with van der Waals surface area (Å²) in [5.41, 5.74) is 5.60. The van der Waals surface area contributed by atoms with Gasteiger partial charge >= 0.3 is 0 Å². The topological polar surface area (TPSA) is 66.6 Å². The molecule has 1 heterocycles. The minimum Gasteiger partial charge on any atom is -0.396 e. The number of carbonyl (C=O) groups is 1. The molecule has 94 valence electrons. The fourth-order valence-electron chi connectivity index (χ4n) is 2.28. The average molecular weight is 228 g/mol. The maximum Gasteiger partial charge on any atom is 0.228 e. The number of aliphatic hydroxyl groups excluding tert-OH is 1. The maximum atomic E-state index is 12.1. The number of carbonyl (C=O) groups excluding carboxylic acids is 1. The van der Waals surface area contributed by atoms with Crippen molar-refractivity contribution >= 4 is 5.91 Å². The Bertz CT molecular complexity index is 248. The van der Waals surface area contributed by atoms with Gasteiger partial charge in [-0.05, 0) is 18.8 Å². The third-order valence-corrected chi connectivity index (χ3v) is 3.04. The standard InChI is InChI=1S/C12H24N2O2/c1-12(2,3)11(16)14-7-9(4-5-15)6-10(13)8-14/h9-10,15H,4-8,13H2,1-3H3. The molecular weight excluding hydrogens is 204 g/mol. The van der Waals surface area contributed by atoms with Crippen molar-refractivity contribution in [2.45, 2.75) is 39.7 Å². The van der Waals surface area contributed by atoms with Crippen molar-refractivity contribution < 1.29 is 9.90 Å². The molecule has 3 N–H and O–H groups in total. The van der Waals surface area contributed by atoms with Crippen molar-refractivity contribution in [3.63, 3.8) is 0 Å². The first kappa shape index (κ1) is 13.5. The van der Waals surface area contributed by atoms with Crippen LogP contribution in [0.15, 0.2) is 0 Å². The van der Waals surface area contributed by atoms with E-state index in [-0.39, 0.29) is 24.0 Å². The molecule has 2 atom stereocenters. The molecule has 4 nitrogen and oxygen atoms in total. The Morgan fingerprint density at radius 1 is 1.44 bits per heavy atom. The summed E-state index contributed by atoms with van der Waals surface area (Å²) in [4.78, 5) is 14.0. The van der Waals surface area contributed by atoms with Crippen molar-refractivity contribution in [3.8, 4) is 0 Å². The lowest BCUT2D eigenvalue weighted by Crippen LogP contribution is -2.52. The van der Waals surface area contributed by atoms with Crippen LogP contribution in [0, 0.1) is 11.3 Å². The Morgan fingerprint density at radius 2 is 2.06 bits per heavy atom. The zero-order valence-electron chi connectivity index (χ0n) is 10.6. The molecule has 1 amide bonds. The Labute approximate surface area is 97.8 Å². The lowest BCUT2D eigenvalue weighted by atomic mass is 9.88. The Hall–Kier alpha value is -0.610. The van der Waals surface area contributed by atoms with E-state index in [1.807, 2.05) is 25.7 Å². The van der Waals surface area contributed by atoms with E-state index in [0.29, 0.717) is 12.5 Å². The largest absolute Gasteiger partial charge is 0.396 e. The number of amides is 1. The third kappa shape index (κ3) is 3.46. The molecule has 0 bridgehead atoms. The van der Waals surface area contributed by atoms with E-state index in [2.05, 4.69) is 0 Å². The van der Waals surface area contributed by atoms with Crippen LogP contribution in [0.1, 0.15) is 33.6 Å². The zero-order chi connectivity index (χ0) is 12.3. The predicted octanol–water partition coefficient (Wildman–Crippen LogP) is 0.591. The number of hydrogen-bond donors (Lipinski definition) is 2. The molecule has 0 radical (unpaired) electrons. The van der Waals surface area contributed by atoms with Crippen LogP contribution >= 0.6 is 0 Å². The van der Waals surface area contributed by atoms with Crippen molar-refractivity contribution in [2.75, 3.05) is 19.7 Å². The van der Waals surface area contributed by atoms with Crippen molar-refractivity contribution in [1.82, 2.24) is 4.90 Å². The van der Waals surface area contributed by atoms with E-state index < -0.39 is 0 Å². The van der Waals surface area contributed by atoms with Gasteiger partial charge in [0.15, 0.2) is 0 Å². The highest BCUT2D eigenvalue weighted by Gasteiger charge is 2.33. The van der Waals surface area contributed by atoms with Gasteiger partial charge in [0.1, 0.15) is 0 Å². The minimum absolute atomic E-state index is 0.0524. The van der Waals surface area contributed by atoms with Crippen molar-refractivity contribution in [1.29, 1.82) is 0 Å². The number of nitrogens with zero attached hydrogens (tertiary/aromatic N) is 1. The Balaban J connectivity index is 2.63. The van der Waals surface area contributed by atoms with E-state index in [4.69, 9.17) is 10.8 Å². The van der Waals surface area contributed by atoms with Crippen LogP contribution in [0.3, 0.4) is 0 Å². The molecule has 1 fully saturated rings. The molecular formula is C12H24N2O2. The summed E-state index contributed by atoms with van der Waals surface area (Å²) in [6.07, 6.45) is 1.65. The van der Waals surface area contributed by atoms with Gasteiger partial charge in [-0.3, -0.25) is 4.79 Å². The van der Waals surface area contributed by atoms with Crippen molar-refractivity contribution in [2.24, 2.45) is 17.1 Å². The monoisotopic (exact) mass is 228 g/mol. The first-order chi connectivity index (χ1) is 7.34. The summed E-state index contributed by atoms with van der Waals surface area (Å²) < 4.78 is 0. The molecule has 16 heavy (non-hydrogen) atoms. The van der Waals surface area contributed by atoms with E-state index in [0.717, 1.165) is 19.4 Å². The van der Waals surface area contributed by atoms with E-state index in [1.54, 1.807) is 0 Å². The second-order valence-corrected chi connectivity index (χ2v) is 5.83. The summed E-state index contributed by atoms with van der Waals surface area (Å²) in [7, 11) is 0. The first-order valence-electron chi connectivity index (χ1n) is 6.00. The second kappa shape index (κ2) is 5.15. The first-order valence-corrected chi connectivity index (χ1v) is 6.00. The number of nitrogens with two attached hydrogens (primary N) is 1. The molecule has 2 unspecified atom stereocenters. The van der Waals surface area contributed by atoms with E-state index >= 15 is 0 Å².